The van der Waals surface area contributed by atoms with Crippen LogP contribution in [0.4, 0.5) is 13.6 Å². The van der Waals surface area contributed by atoms with Crippen LogP contribution in [0, 0.1) is 18.6 Å². The molecule has 0 saturated carbocycles. The second-order valence-electron chi connectivity index (χ2n) is 6.12. The highest BCUT2D eigenvalue weighted by molar-refractivity contribution is 5.87. The van der Waals surface area contributed by atoms with E-state index in [9.17, 15) is 13.6 Å². The van der Waals surface area contributed by atoms with Gasteiger partial charge in [0.2, 0.25) is 6.79 Å². The van der Waals surface area contributed by atoms with Crippen molar-refractivity contribution >= 4 is 17.1 Å². The largest absolute Gasteiger partial charge is 0.508 e. The van der Waals surface area contributed by atoms with Crippen LogP contribution in [0.2, 0.25) is 0 Å². The van der Waals surface area contributed by atoms with E-state index in [-0.39, 0.29) is 16.7 Å². The number of ether oxygens (including phenoxy) is 2. The molecule has 0 unspecified atom stereocenters. The van der Waals surface area contributed by atoms with Gasteiger partial charge in [-0.2, -0.15) is 0 Å². The monoisotopic (exact) mass is 397 g/mol. The number of benzene rings is 1. The molecule has 0 aliphatic heterocycles. The predicted octanol–water partition coefficient (Wildman–Crippen LogP) is 6.39. The summed E-state index contributed by atoms with van der Waals surface area (Å²) in [5.74, 6) is -1.37. The maximum absolute atomic E-state index is 14.4. The minimum absolute atomic E-state index is 0.0366. The molecule has 1 aromatic carbocycles. The molecular formula is C21H29F2NO4. The summed E-state index contributed by atoms with van der Waals surface area (Å²) < 4.78 is 37.7. The molecule has 0 atom stereocenters. The summed E-state index contributed by atoms with van der Waals surface area (Å²) in [6.45, 7) is 7.30. The molecule has 1 heterocycles. The number of pyridine rings is 1. The van der Waals surface area contributed by atoms with Gasteiger partial charge in [-0.3, -0.25) is 4.98 Å². The number of hydrogen-bond acceptors (Lipinski definition) is 4. The Hall–Kier alpha value is -2.44. The highest BCUT2D eigenvalue weighted by Crippen LogP contribution is 2.34. The zero-order chi connectivity index (χ0) is 21.1. The molecule has 0 fully saturated rings. The van der Waals surface area contributed by atoms with E-state index >= 15 is 0 Å². The Morgan fingerprint density at radius 2 is 1.82 bits per heavy atom. The predicted molar refractivity (Wildman–Crippen MR) is 105 cm³/mol. The summed E-state index contributed by atoms with van der Waals surface area (Å²) in [6.07, 6.45) is 4.39. The van der Waals surface area contributed by atoms with Gasteiger partial charge in [0.15, 0.2) is 0 Å². The Morgan fingerprint density at radius 3 is 2.46 bits per heavy atom. The number of rotatable bonds is 9. The van der Waals surface area contributed by atoms with Gasteiger partial charge in [-0.25, -0.2) is 13.6 Å². The SMILES string of the molecule is CC.CCCCCCCc1c(C)nc2cc(F)cc(F)c2c1OCOC(=O)O. The van der Waals surface area contributed by atoms with E-state index in [1.165, 1.54) is 0 Å². The molecule has 0 saturated heterocycles. The first kappa shape index (κ1) is 23.6. The Labute approximate surface area is 164 Å². The van der Waals surface area contributed by atoms with Gasteiger partial charge < -0.3 is 14.6 Å². The lowest BCUT2D eigenvalue weighted by Gasteiger charge is -2.16. The summed E-state index contributed by atoms with van der Waals surface area (Å²) in [7, 11) is 0. The summed E-state index contributed by atoms with van der Waals surface area (Å²) in [6, 6.07) is 1.89. The molecule has 2 aromatic rings. The fourth-order valence-corrected chi connectivity index (χ4v) is 2.93. The number of carbonyl (C=O) groups is 1. The van der Waals surface area contributed by atoms with Crippen LogP contribution in [0.5, 0.6) is 5.75 Å². The number of carboxylic acid groups (broad SMARTS) is 1. The lowest BCUT2D eigenvalue weighted by atomic mass is 10.0. The number of aryl methyl sites for hydroxylation is 1. The third-order valence-electron chi connectivity index (χ3n) is 4.18. The van der Waals surface area contributed by atoms with Crippen LogP contribution in [-0.2, 0) is 11.2 Å². The van der Waals surface area contributed by atoms with Crippen LogP contribution in [-0.4, -0.2) is 23.0 Å². The van der Waals surface area contributed by atoms with E-state index in [2.05, 4.69) is 16.6 Å². The third kappa shape index (κ3) is 6.62. The van der Waals surface area contributed by atoms with E-state index < -0.39 is 24.6 Å². The van der Waals surface area contributed by atoms with Crippen LogP contribution in [0.25, 0.3) is 10.9 Å². The van der Waals surface area contributed by atoms with Crippen molar-refractivity contribution in [1.29, 1.82) is 0 Å². The second kappa shape index (κ2) is 12.1. The zero-order valence-electron chi connectivity index (χ0n) is 17.0. The Kier molecular flexibility index (Phi) is 10.2. The number of halogens is 2. The van der Waals surface area contributed by atoms with Gasteiger partial charge in [-0.1, -0.05) is 46.5 Å². The molecule has 1 aromatic heterocycles. The standard InChI is InChI=1S/C19H23F2NO4.C2H6/c1-3-4-5-6-7-8-14-12(2)22-16-10-13(20)9-15(21)17(16)18(14)25-11-26-19(23)24;1-2/h9-10H,3-8,11H2,1-2H3,(H,23,24);1-2H3. The molecule has 2 rings (SSSR count). The van der Waals surface area contributed by atoms with Gasteiger partial charge in [0, 0.05) is 23.4 Å². The average Bonchev–Trinajstić information content (AvgIpc) is 2.64. The molecule has 5 nitrogen and oxygen atoms in total. The zero-order valence-corrected chi connectivity index (χ0v) is 17.0. The van der Waals surface area contributed by atoms with Crippen molar-refractivity contribution in [3.05, 3.63) is 35.0 Å². The summed E-state index contributed by atoms with van der Waals surface area (Å²) in [5.41, 5.74) is 1.41. The molecular weight excluding hydrogens is 368 g/mol. The summed E-state index contributed by atoms with van der Waals surface area (Å²) in [5, 5.41) is 8.64. The highest BCUT2D eigenvalue weighted by atomic mass is 19.1. The lowest BCUT2D eigenvalue weighted by Crippen LogP contribution is -2.11. The molecule has 0 radical (unpaired) electrons. The van der Waals surface area contributed by atoms with Gasteiger partial charge in [0.1, 0.15) is 17.4 Å². The molecule has 0 amide bonds. The van der Waals surface area contributed by atoms with Crippen molar-refractivity contribution in [1.82, 2.24) is 4.98 Å². The normalized spacial score (nSPS) is 10.4. The van der Waals surface area contributed by atoms with Crippen molar-refractivity contribution < 1.29 is 28.2 Å². The molecule has 7 heteroatoms. The van der Waals surface area contributed by atoms with Gasteiger partial charge in [-0.05, 0) is 19.8 Å². The molecule has 1 N–H and O–H groups in total. The number of aromatic nitrogens is 1. The van der Waals surface area contributed by atoms with Gasteiger partial charge in [0.25, 0.3) is 0 Å². The fraction of sp³-hybridized carbons (Fsp3) is 0.524. The summed E-state index contributed by atoms with van der Waals surface area (Å²) >= 11 is 0. The van der Waals surface area contributed by atoms with Crippen molar-refractivity contribution in [3.63, 3.8) is 0 Å². The Bertz CT molecular complexity index is 781. The molecule has 156 valence electrons. The number of unbranched alkanes of at least 4 members (excludes halogenated alkanes) is 4. The van der Waals surface area contributed by atoms with E-state index in [1.54, 1.807) is 6.92 Å². The second-order valence-corrected chi connectivity index (χ2v) is 6.12. The quantitative estimate of drug-likeness (QED) is 0.301. The fourth-order valence-electron chi connectivity index (χ4n) is 2.93. The van der Waals surface area contributed by atoms with Crippen LogP contribution in [0.15, 0.2) is 12.1 Å². The van der Waals surface area contributed by atoms with E-state index in [4.69, 9.17) is 9.84 Å². The molecule has 0 aliphatic rings. The van der Waals surface area contributed by atoms with Gasteiger partial charge in [-0.15, -0.1) is 0 Å². The first-order valence-corrected chi connectivity index (χ1v) is 9.70. The van der Waals surface area contributed by atoms with Crippen LogP contribution < -0.4 is 4.74 Å². The van der Waals surface area contributed by atoms with E-state index in [0.717, 1.165) is 44.2 Å². The Balaban J connectivity index is 0.00000190. The number of hydrogen-bond donors (Lipinski definition) is 1. The Morgan fingerprint density at radius 1 is 1.14 bits per heavy atom. The topological polar surface area (TPSA) is 68.7 Å². The maximum Gasteiger partial charge on any atom is 0.508 e. The minimum atomic E-state index is -1.49. The lowest BCUT2D eigenvalue weighted by molar-refractivity contribution is 0.0262. The van der Waals surface area contributed by atoms with Crippen LogP contribution in [0.1, 0.15) is 64.1 Å². The average molecular weight is 397 g/mol. The maximum atomic E-state index is 14.4. The molecule has 0 bridgehead atoms. The first-order valence-electron chi connectivity index (χ1n) is 9.70. The third-order valence-corrected chi connectivity index (χ3v) is 4.18. The minimum Gasteiger partial charge on any atom is -0.456 e. The van der Waals surface area contributed by atoms with E-state index in [1.807, 2.05) is 13.8 Å². The summed E-state index contributed by atoms with van der Waals surface area (Å²) in [4.78, 5) is 14.8. The smallest absolute Gasteiger partial charge is 0.456 e. The number of nitrogens with zero attached hydrogens (tertiary/aromatic N) is 1. The van der Waals surface area contributed by atoms with Crippen LogP contribution >= 0.6 is 0 Å². The van der Waals surface area contributed by atoms with Crippen molar-refractivity contribution in [3.8, 4) is 5.75 Å². The molecule has 0 aliphatic carbocycles. The van der Waals surface area contributed by atoms with E-state index in [0.29, 0.717) is 17.7 Å². The van der Waals surface area contributed by atoms with Crippen molar-refractivity contribution in [2.75, 3.05) is 6.79 Å². The molecule has 0 spiro atoms. The highest BCUT2D eigenvalue weighted by Gasteiger charge is 2.19. The van der Waals surface area contributed by atoms with Crippen molar-refractivity contribution in [2.45, 2.75) is 66.2 Å². The van der Waals surface area contributed by atoms with Crippen LogP contribution in [0.3, 0.4) is 0 Å². The van der Waals surface area contributed by atoms with Gasteiger partial charge in [0.05, 0.1) is 10.9 Å². The molecule has 28 heavy (non-hydrogen) atoms. The number of fused-ring (bicyclic) bond motifs is 1. The van der Waals surface area contributed by atoms with Crippen molar-refractivity contribution in [2.24, 2.45) is 0 Å². The van der Waals surface area contributed by atoms with Gasteiger partial charge >= 0.3 is 6.16 Å². The first-order chi connectivity index (χ1) is 13.4.